The lowest BCUT2D eigenvalue weighted by atomic mass is 9.47. The SMILES string of the molecule is COC(=O)C12CC3C[C@@H](C1)C(N1C(=O)C(C)(C)N1C(=O)O)[C@@H](C3)C2. The lowest BCUT2D eigenvalue weighted by Crippen LogP contribution is -2.81. The van der Waals surface area contributed by atoms with Crippen molar-refractivity contribution in [3.05, 3.63) is 0 Å². The fourth-order valence-electron chi connectivity index (χ4n) is 6.15. The lowest BCUT2D eigenvalue weighted by molar-refractivity contribution is -0.240. The maximum absolute atomic E-state index is 12.6. The molecule has 7 heteroatoms. The minimum Gasteiger partial charge on any atom is -0.469 e. The highest BCUT2D eigenvalue weighted by molar-refractivity contribution is 5.96. The maximum Gasteiger partial charge on any atom is 0.427 e. The molecule has 1 saturated heterocycles. The second kappa shape index (κ2) is 4.64. The molecule has 0 aromatic rings. The third-order valence-electron chi connectivity index (χ3n) is 6.78. The average Bonchev–Trinajstić information content (AvgIpc) is 2.50. The van der Waals surface area contributed by atoms with Gasteiger partial charge in [-0.25, -0.2) is 14.8 Å². The zero-order valence-corrected chi connectivity index (χ0v) is 14.3. The number of esters is 1. The Labute approximate surface area is 140 Å². The molecule has 5 rings (SSSR count). The first-order chi connectivity index (χ1) is 11.2. The molecule has 5 aliphatic rings. The first-order valence-electron chi connectivity index (χ1n) is 8.66. The Morgan fingerprint density at radius 3 is 2.25 bits per heavy atom. The molecule has 0 spiro atoms. The highest BCUT2D eigenvalue weighted by Gasteiger charge is 2.66. The summed E-state index contributed by atoms with van der Waals surface area (Å²) in [4.78, 5) is 36.6. The van der Waals surface area contributed by atoms with Crippen molar-refractivity contribution in [2.75, 3.05) is 7.11 Å². The van der Waals surface area contributed by atoms with Gasteiger partial charge in [-0.3, -0.25) is 9.59 Å². The van der Waals surface area contributed by atoms with E-state index in [0.29, 0.717) is 18.8 Å². The van der Waals surface area contributed by atoms with E-state index in [1.165, 1.54) is 17.1 Å². The van der Waals surface area contributed by atoms with Gasteiger partial charge in [-0.05, 0) is 63.7 Å². The summed E-state index contributed by atoms with van der Waals surface area (Å²) in [5.74, 6) is 0.579. The van der Waals surface area contributed by atoms with Gasteiger partial charge in [-0.1, -0.05) is 0 Å². The Kier molecular flexibility index (Phi) is 3.04. The summed E-state index contributed by atoms with van der Waals surface area (Å²) in [5, 5.41) is 12.2. The van der Waals surface area contributed by atoms with Crippen molar-refractivity contribution >= 4 is 18.0 Å². The molecule has 1 N–H and O–H groups in total. The van der Waals surface area contributed by atoms with Crippen molar-refractivity contribution in [2.45, 2.75) is 57.5 Å². The first-order valence-corrected chi connectivity index (χ1v) is 8.66. The van der Waals surface area contributed by atoms with Gasteiger partial charge < -0.3 is 9.84 Å². The van der Waals surface area contributed by atoms with Crippen molar-refractivity contribution < 1.29 is 24.2 Å². The van der Waals surface area contributed by atoms with Crippen LogP contribution in [0.2, 0.25) is 0 Å². The molecule has 1 heterocycles. The number of hydrogen-bond acceptors (Lipinski definition) is 4. The van der Waals surface area contributed by atoms with E-state index in [9.17, 15) is 19.5 Å². The molecular weight excluding hydrogens is 312 g/mol. The normalized spacial score (nSPS) is 42.0. The van der Waals surface area contributed by atoms with Crippen LogP contribution in [-0.4, -0.2) is 51.8 Å². The second-order valence-corrected chi connectivity index (χ2v) is 8.54. The minimum absolute atomic E-state index is 0.101. The van der Waals surface area contributed by atoms with E-state index in [1.807, 2.05) is 0 Å². The van der Waals surface area contributed by atoms with Gasteiger partial charge in [0, 0.05) is 0 Å². The standard InChI is InChI=1S/C17H24N2O5/c1-16(2)13(20)18(19(16)15(22)23)12-10-4-9-5-11(12)8-17(6-9,7-10)14(21)24-3/h9-12H,4-8H2,1-3H3,(H,22,23)/t9?,10-,11-,12?,17?/m0/s1. The molecule has 7 nitrogen and oxygen atoms in total. The van der Waals surface area contributed by atoms with Gasteiger partial charge in [0.2, 0.25) is 0 Å². The van der Waals surface area contributed by atoms with Crippen LogP contribution in [0, 0.1) is 23.2 Å². The Morgan fingerprint density at radius 1 is 1.17 bits per heavy atom. The van der Waals surface area contributed by atoms with E-state index < -0.39 is 17.0 Å². The molecule has 24 heavy (non-hydrogen) atoms. The number of amides is 2. The van der Waals surface area contributed by atoms with E-state index in [2.05, 4.69) is 0 Å². The third-order valence-corrected chi connectivity index (χ3v) is 6.78. The Hall–Kier alpha value is -1.79. The average molecular weight is 336 g/mol. The van der Waals surface area contributed by atoms with Crippen LogP contribution >= 0.6 is 0 Å². The topological polar surface area (TPSA) is 87.2 Å². The Balaban J connectivity index is 1.65. The van der Waals surface area contributed by atoms with E-state index in [0.717, 1.165) is 19.3 Å². The monoisotopic (exact) mass is 336 g/mol. The van der Waals surface area contributed by atoms with Crippen molar-refractivity contribution in [1.29, 1.82) is 0 Å². The number of nitrogens with zero attached hydrogens (tertiary/aromatic N) is 2. The lowest BCUT2D eigenvalue weighted by Gasteiger charge is -2.65. The molecule has 2 atom stereocenters. The fraction of sp³-hybridized carbons (Fsp3) is 0.824. The fourth-order valence-corrected chi connectivity index (χ4v) is 6.15. The number of methoxy groups -OCH3 is 1. The quantitative estimate of drug-likeness (QED) is 0.778. The predicted octanol–water partition coefficient (Wildman–Crippen LogP) is 1.87. The van der Waals surface area contributed by atoms with Crippen LogP contribution in [0.15, 0.2) is 0 Å². The zero-order chi connectivity index (χ0) is 17.4. The van der Waals surface area contributed by atoms with Crippen LogP contribution in [0.4, 0.5) is 4.79 Å². The predicted molar refractivity (Wildman–Crippen MR) is 82.6 cm³/mol. The molecule has 0 aromatic heterocycles. The molecule has 4 aliphatic carbocycles. The zero-order valence-electron chi connectivity index (χ0n) is 14.3. The summed E-state index contributed by atoms with van der Waals surface area (Å²) < 4.78 is 5.06. The number of hydrazine groups is 1. The van der Waals surface area contributed by atoms with E-state index >= 15 is 0 Å². The van der Waals surface area contributed by atoms with Crippen molar-refractivity contribution in [2.24, 2.45) is 23.2 Å². The van der Waals surface area contributed by atoms with Gasteiger partial charge in [-0.15, -0.1) is 0 Å². The molecule has 0 radical (unpaired) electrons. The van der Waals surface area contributed by atoms with Crippen LogP contribution in [0.25, 0.3) is 0 Å². The first kappa shape index (κ1) is 15.7. The summed E-state index contributed by atoms with van der Waals surface area (Å²) in [5.41, 5.74) is -1.42. The van der Waals surface area contributed by atoms with Crippen molar-refractivity contribution in [1.82, 2.24) is 10.0 Å². The van der Waals surface area contributed by atoms with Crippen molar-refractivity contribution in [3.8, 4) is 0 Å². The smallest absolute Gasteiger partial charge is 0.427 e. The van der Waals surface area contributed by atoms with Crippen LogP contribution in [0.5, 0.6) is 0 Å². The number of ether oxygens (including phenoxy) is 1. The van der Waals surface area contributed by atoms with Gasteiger partial charge in [0.25, 0.3) is 5.91 Å². The van der Waals surface area contributed by atoms with Crippen molar-refractivity contribution in [3.63, 3.8) is 0 Å². The van der Waals surface area contributed by atoms with Crippen LogP contribution in [-0.2, 0) is 14.3 Å². The Bertz CT molecular complexity index is 614. The molecule has 0 aromatic carbocycles. The van der Waals surface area contributed by atoms with Gasteiger partial charge in [0.1, 0.15) is 5.54 Å². The van der Waals surface area contributed by atoms with E-state index in [4.69, 9.17) is 4.74 Å². The minimum atomic E-state index is -1.09. The van der Waals surface area contributed by atoms with Gasteiger partial charge in [-0.2, -0.15) is 0 Å². The van der Waals surface area contributed by atoms with Gasteiger partial charge in [0.15, 0.2) is 0 Å². The van der Waals surface area contributed by atoms with Gasteiger partial charge >= 0.3 is 12.1 Å². The maximum atomic E-state index is 12.6. The Morgan fingerprint density at radius 2 is 1.75 bits per heavy atom. The number of carbonyl (C=O) groups is 3. The van der Waals surface area contributed by atoms with E-state index in [-0.39, 0.29) is 29.8 Å². The number of carboxylic acid groups (broad SMARTS) is 1. The number of carbonyl (C=O) groups excluding carboxylic acids is 2. The molecular formula is C17H24N2O5. The number of rotatable bonds is 2. The summed E-state index contributed by atoms with van der Waals surface area (Å²) >= 11 is 0. The summed E-state index contributed by atoms with van der Waals surface area (Å²) in [6.07, 6.45) is 3.14. The second-order valence-electron chi connectivity index (χ2n) is 8.54. The van der Waals surface area contributed by atoms with Crippen LogP contribution in [0.3, 0.4) is 0 Å². The summed E-state index contributed by atoms with van der Waals surface area (Å²) in [6.45, 7) is 3.29. The molecule has 132 valence electrons. The molecule has 1 aliphatic heterocycles. The van der Waals surface area contributed by atoms with Gasteiger partial charge in [0.05, 0.1) is 18.6 Å². The third kappa shape index (κ3) is 1.75. The number of hydrogen-bond donors (Lipinski definition) is 1. The highest BCUT2D eigenvalue weighted by atomic mass is 16.5. The van der Waals surface area contributed by atoms with Crippen LogP contribution < -0.4 is 0 Å². The molecule has 0 unspecified atom stereocenters. The van der Waals surface area contributed by atoms with E-state index in [1.54, 1.807) is 13.8 Å². The molecule has 2 amide bonds. The summed E-state index contributed by atoms with van der Waals surface area (Å²) in [7, 11) is 1.44. The molecule has 4 bridgehead atoms. The largest absolute Gasteiger partial charge is 0.469 e. The molecule has 5 fully saturated rings. The van der Waals surface area contributed by atoms with Crippen LogP contribution in [0.1, 0.15) is 46.0 Å². The summed E-state index contributed by atoms with van der Waals surface area (Å²) in [6, 6.07) is -0.101. The molecule has 4 saturated carbocycles. The highest BCUT2D eigenvalue weighted by Crippen LogP contribution is 2.62.